The zero-order valence-corrected chi connectivity index (χ0v) is 13.0. The number of hydrogen-bond acceptors (Lipinski definition) is 4. The quantitative estimate of drug-likeness (QED) is 0.344. The molecule has 0 spiro atoms. The molecule has 1 amide bonds. The highest BCUT2D eigenvalue weighted by atomic mass is 127. The molecule has 4 N–H and O–H groups in total. The van der Waals surface area contributed by atoms with E-state index in [1.54, 1.807) is 0 Å². The van der Waals surface area contributed by atoms with Crippen molar-refractivity contribution < 1.29 is 24.6 Å². The van der Waals surface area contributed by atoms with Gasteiger partial charge in [0.25, 0.3) is 0 Å². The van der Waals surface area contributed by atoms with E-state index in [0.29, 0.717) is 6.42 Å². The predicted molar refractivity (Wildman–Crippen MR) is 76.8 cm³/mol. The largest absolute Gasteiger partial charge is 0.481 e. The number of carbonyl (C=O) groups is 3. The molecule has 0 saturated carbocycles. The minimum Gasteiger partial charge on any atom is -0.481 e. The third-order valence-electron chi connectivity index (χ3n) is 2.42. The number of aliphatic carboxylic acids is 2. The van der Waals surface area contributed by atoms with Crippen LogP contribution in [0.2, 0.25) is 0 Å². The van der Waals surface area contributed by atoms with Gasteiger partial charge in [0.1, 0.15) is 6.04 Å². The van der Waals surface area contributed by atoms with Gasteiger partial charge in [-0.15, -0.1) is 0 Å². The van der Waals surface area contributed by atoms with Gasteiger partial charge in [0.2, 0.25) is 5.91 Å². The molecule has 8 heteroatoms. The second kappa shape index (κ2) is 9.08. The molecule has 7 nitrogen and oxygen atoms in total. The molecule has 0 heterocycles. The Balaban J connectivity index is 4.51. The van der Waals surface area contributed by atoms with Crippen LogP contribution in [0.25, 0.3) is 0 Å². The van der Waals surface area contributed by atoms with E-state index in [9.17, 15) is 14.4 Å². The van der Waals surface area contributed by atoms with Crippen molar-refractivity contribution in [3.05, 3.63) is 0 Å². The summed E-state index contributed by atoms with van der Waals surface area (Å²) in [5, 5.41) is 19.8. The predicted octanol–water partition coefficient (Wildman–Crippen LogP) is 0.775. The molecule has 0 saturated heterocycles. The first-order chi connectivity index (χ1) is 8.77. The Morgan fingerprint density at radius 1 is 1.16 bits per heavy atom. The molecule has 0 aromatic rings. The molecule has 0 radical (unpaired) electrons. The lowest BCUT2D eigenvalue weighted by atomic mass is 10.0. The number of carbonyl (C=O) groups excluding carboxylic acids is 1. The van der Waals surface area contributed by atoms with Gasteiger partial charge in [-0.1, -0.05) is 13.8 Å². The number of amides is 1. The summed E-state index contributed by atoms with van der Waals surface area (Å²) in [6.07, 6.45) is 0.135. The minimum atomic E-state index is -1.23. The Morgan fingerprint density at radius 3 is 2.11 bits per heavy atom. The molecule has 0 aliphatic carbocycles. The van der Waals surface area contributed by atoms with Gasteiger partial charge in [0.15, 0.2) is 0 Å². The molecule has 0 bridgehead atoms. The van der Waals surface area contributed by atoms with Crippen LogP contribution >= 0.6 is 22.9 Å². The van der Waals surface area contributed by atoms with E-state index in [1.807, 2.05) is 36.7 Å². The fraction of sp³-hybridized carbons (Fsp3) is 0.727. The van der Waals surface area contributed by atoms with Crippen molar-refractivity contribution in [2.45, 2.75) is 45.2 Å². The van der Waals surface area contributed by atoms with E-state index in [4.69, 9.17) is 10.2 Å². The standard InChI is InChI=1S/C11H19IN2O5/c1-6(2)5-8(14-12)10(17)13-7(11(18)19)3-4-9(15)16/h6-8,14H,3-5H2,1-2H3,(H,13,17)(H,15,16)(H,18,19)/t7-,8-/m0/s1. The molecule has 0 aliphatic heterocycles. The monoisotopic (exact) mass is 386 g/mol. The van der Waals surface area contributed by atoms with Gasteiger partial charge in [0, 0.05) is 29.3 Å². The van der Waals surface area contributed by atoms with Crippen LogP contribution in [0.5, 0.6) is 0 Å². The van der Waals surface area contributed by atoms with Gasteiger partial charge in [-0.05, 0) is 18.8 Å². The molecular weight excluding hydrogens is 367 g/mol. The molecule has 19 heavy (non-hydrogen) atoms. The lowest BCUT2D eigenvalue weighted by Crippen LogP contribution is -2.48. The highest BCUT2D eigenvalue weighted by Gasteiger charge is 2.25. The molecule has 0 unspecified atom stereocenters. The maximum absolute atomic E-state index is 11.9. The summed E-state index contributed by atoms with van der Waals surface area (Å²) in [6.45, 7) is 3.90. The van der Waals surface area contributed by atoms with Crippen molar-refractivity contribution in [1.82, 2.24) is 8.85 Å². The lowest BCUT2D eigenvalue weighted by molar-refractivity contribution is -0.143. The van der Waals surface area contributed by atoms with Crippen LogP contribution in [0.1, 0.15) is 33.1 Å². The Labute approximate surface area is 125 Å². The van der Waals surface area contributed by atoms with Crippen molar-refractivity contribution in [3.63, 3.8) is 0 Å². The van der Waals surface area contributed by atoms with E-state index < -0.39 is 29.9 Å². The van der Waals surface area contributed by atoms with Gasteiger partial charge < -0.3 is 15.5 Å². The molecule has 0 aromatic heterocycles. The lowest BCUT2D eigenvalue weighted by Gasteiger charge is -2.20. The van der Waals surface area contributed by atoms with Crippen LogP contribution in [-0.2, 0) is 14.4 Å². The summed E-state index contributed by atoms with van der Waals surface area (Å²) in [5.41, 5.74) is 0. The average Bonchev–Trinajstić information content (AvgIpc) is 2.30. The first-order valence-corrected chi connectivity index (χ1v) is 6.97. The number of nitrogens with one attached hydrogen (secondary N) is 2. The highest BCUT2D eigenvalue weighted by molar-refractivity contribution is 14.1. The van der Waals surface area contributed by atoms with Crippen molar-refractivity contribution in [3.8, 4) is 0 Å². The fourth-order valence-corrected chi connectivity index (χ4v) is 2.01. The number of rotatable bonds is 9. The molecule has 0 aliphatic rings. The molecule has 2 atom stereocenters. The third kappa shape index (κ3) is 7.98. The van der Waals surface area contributed by atoms with Crippen LogP contribution in [0.4, 0.5) is 0 Å². The highest BCUT2D eigenvalue weighted by Crippen LogP contribution is 2.07. The summed E-state index contributed by atoms with van der Waals surface area (Å²) < 4.78 is 2.79. The Kier molecular flexibility index (Phi) is 8.65. The Bertz CT molecular complexity index is 335. The molecular formula is C11H19IN2O5. The maximum Gasteiger partial charge on any atom is 0.326 e. The van der Waals surface area contributed by atoms with E-state index in [-0.39, 0.29) is 18.8 Å². The van der Waals surface area contributed by atoms with Crippen molar-refractivity contribution in [2.24, 2.45) is 5.92 Å². The molecule has 0 fully saturated rings. The average molecular weight is 386 g/mol. The topological polar surface area (TPSA) is 116 Å². The third-order valence-corrected chi connectivity index (χ3v) is 3.17. The van der Waals surface area contributed by atoms with Gasteiger partial charge >= 0.3 is 11.9 Å². The summed E-state index contributed by atoms with van der Waals surface area (Å²) in [6, 6.07) is -1.67. The van der Waals surface area contributed by atoms with Crippen molar-refractivity contribution >= 4 is 40.7 Å². The van der Waals surface area contributed by atoms with Gasteiger partial charge in [0.05, 0.1) is 6.04 Å². The van der Waals surface area contributed by atoms with E-state index in [0.717, 1.165) is 0 Å². The van der Waals surface area contributed by atoms with E-state index in [2.05, 4.69) is 8.85 Å². The van der Waals surface area contributed by atoms with Gasteiger partial charge in [-0.25, -0.2) is 8.32 Å². The summed E-state index contributed by atoms with van der Waals surface area (Å²) in [4.78, 5) is 33.3. The maximum atomic E-state index is 11.9. The van der Waals surface area contributed by atoms with Crippen LogP contribution in [0, 0.1) is 5.92 Å². The minimum absolute atomic E-state index is 0.133. The first-order valence-electron chi connectivity index (χ1n) is 5.89. The van der Waals surface area contributed by atoms with Crippen LogP contribution in [0.3, 0.4) is 0 Å². The van der Waals surface area contributed by atoms with E-state index >= 15 is 0 Å². The number of hydrogen-bond donors (Lipinski definition) is 4. The normalized spacial score (nSPS) is 13.9. The molecule has 0 rings (SSSR count). The number of halogens is 1. The number of carboxylic acids is 2. The summed E-state index contributed by atoms with van der Waals surface area (Å²) >= 11 is 1.84. The second-order valence-corrected chi connectivity index (χ2v) is 5.25. The SMILES string of the molecule is CC(C)C[C@H](NI)C(=O)N[C@@H](CCC(=O)O)C(=O)O. The zero-order chi connectivity index (χ0) is 15.0. The number of carboxylic acid groups (broad SMARTS) is 2. The first kappa shape index (κ1) is 18.1. The van der Waals surface area contributed by atoms with Crippen LogP contribution < -0.4 is 8.85 Å². The summed E-state index contributed by atoms with van der Waals surface area (Å²) in [7, 11) is 0. The van der Waals surface area contributed by atoms with Crippen molar-refractivity contribution in [1.29, 1.82) is 0 Å². The van der Waals surface area contributed by atoms with Gasteiger partial charge in [-0.2, -0.15) is 0 Å². The Hall–Kier alpha value is -0.900. The van der Waals surface area contributed by atoms with E-state index in [1.165, 1.54) is 0 Å². The molecule has 0 aromatic carbocycles. The second-order valence-electron chi connectivity index (χ2n) is 4.62. The zero-order valence-electron chi connectivity index (χ0n) is 10.9. The van der Waals surface area contributed by atoms with Crippen LogP contribution in [-0.4, -0.2) is 40.1 Å². The Morgan fingerprint density at radius 2 is 1.74 bits per heavy atom. The molecule has 110 valence electrons. The fourth-order valence-electron chi connectivity index (χ4n) is 1.47. The summed E-state index contributed by atoms with van der Waals surface area (Å²) in [5.74, 6) is -2.47. The van der Waals surface area contributed by atoms with Crippen molar-refractivity contribution in [2.75, 3.05) is 0 Å². The smallest absolute Gasteiger partial charge is 0.326 e. The van der Waals surface area contributed by atoms with Crippen LogP contribution in [0.15, 0.2) is 0 Å². The van der Waals surface area contributed by atoms with Gasteiger partial charge in [-0.3, -0.25) is 9.59 Å².